The van der Waals surface area contributed by atoms with E-state index in [1.54, 1.807) is 13.0 Å². The molecule has 0 aromatic heterocycles. The summed E-state index contributed by atoms with van der Waals surface area (Å²) >= 11 is 0. The second kappa shape index (κ2) is 6.10. The van der Waals surface area contributed by atoms with Gasteiger partial charge in [-0.3, -0.25) is 9.59 Å². The average Bonchev–Trinajstić information content (AvgIpc) is 2.75. The third-order valence-electron chi connectivity index (χ3n) is 2.53. The molecular weight excluding hydrogens is 206 g/mol. The Bertz CT molecular complexity index is 331. The van der Waals surface area contributed by atoms with E-state index in [-0.39, 0.29) is 12.5 Å². The van der Waals surface area contributed by atoms with Gasteiger partial charge in [0.05, 0.1) is 5.92 Å². The van der Waals surface area contributed by atoms with Crippen molar-refractivity contribution in [2.45, 2.75) is 26.2 Å². The van der Waals surface area contributed by atoms with Gasteiger partial charge in [-0.05, 0) is 19.3 Å². The first-order valence-electron chi connectivity index (χ1n) is 5.47. The van der Waals surface area contributed by atoms with Gasteiger partial charge in [-0.15, -0.1) is 0 Å². The molecule has 0 saturated heterocycles. The van der Waals surface area contributed by atoms with Crippen LogP contribution in [0.3, 0.4) is 0 Å². The Morgan fingerprint density at radius 2 is 2.38 bits per heavy atom. The van der Waals surface area contributed by atoms with Crippen molar-refractivity contribution < 1.29 is 14.7 Å². The molecule has 0 aromatic rings. The van der Waals surface area contributed by atoms with E-state index in [0.717, 1.165) is 19.3 Å². The van der Waals surface area contributed by atoms with Crippen molar-refractivity contribution in [2.75, 3.05) is 6.54 Å². The topological polar surface area (TPSA) is 66.4 Å². The highest BCUT2D eigenvalue weighted by molar-refractivity contribution is 5.88. The number of aliphatic carboxylic acids is 1. The minimum absolute atomic E-state index is 0.164. The number of amides is 1. The van der Waals surface area contributed by atoms with E-state index in [9.17, 15) is 9.59 Å². The largest absolute Gasteiger partial charge is 0.481 e. The molecule has 88 valence electrons. The van der Waals surface area contributed by atoms with Gasteiger partial charge in [0.15, 0.2) is 0 Å². The predicted octanol–water partition coefficient (Wildman–Crippen LogP) is 1.49. The second-order valence-corrected chi connectivity index (χ2v) is 3.99. The number of carboxylic acid groups (broad SMARTS) is 1. The summed E-state index contributed by atoms with van der Waals surface area (Å²) in [4.78, 5) is 21.8. The van der Waals surface area contributed by atoms with E-state index in [1.165, 1.54) is 11.6 Å². The van der Waals surface area contributed by atoms with Gasteiger partial charge in [-0.1, -0.05) is 24.6 Å². The number of carboxylic acids is 1. The number of nitrogens with one attached hydrogen (secondary N) is 1. The van der Waals surface area contributed by atoms with Crippen molar-refractivity contribution in [2.24, 2.45) is 5.92 Å². The first-order chi connectivity index (χ1) is 7.59. The van der Waals surface area contributed by atoms with Crippen LogP contribution in [0, 0.1) is 5.92 Å². The molecule has 0 fully saturated rings. The van der Waals surface area contributed by atoms with Crippen LogP contribution >= 0.6 is 0 Å². The number of hydrogen-bond donors (Lipinski definition) is 2. The Labute approximate surface area is 95.0 Å². The van der Waals surface area contributed by atoms with Gasteiger partial charge in [0, 0.05) is 12.6 Å². The Balaban J connectivity index is 2.27. The van der Waals surface area contributed by atoms with Crippen LogP contribution in [0.1, 0.15) is 26.2 Å². The molecule has 1 rings (SSSR count). The highest BCUT2D eigenvalue weighted by Crippen LogP contribution is 2.17. The zero-order valence-electron chi connectivity index (χ0n) is 9.40. The summed E-state index contributed by atoms with van der Waals surface area (Å²) in [5.74, 6) is -1.69. The molecule has 0 radical (unpaired) electrons. The fraction of sp³-hybridized carbons (Fsp3) is 0.500. The van der Waals surface area contributed by atoms with Crippen LogP contribution < -0.4 is 5.32 Å². The summed E-state index contributed by atoms with van der Waals surface area (Å²) in [5, 5.41) is 11.2. The maximum Gasteiger partial charge on any atom is 0.308 e. The van der Waals surface area contributed by atoms with Gasteiger partial charge >= 0.3 is 5.97 Å². The molecule has 0 saturated carbocycles. The first kappa shape index (κ1) is 12.5. The van der Waals surface area contributed by atoms with E-state index in [4.69, 9.17) is 5.11 Å². The molecule has 0 spiro atoms. The van der Waals surface area contributed by atoms with Crippen molar-refractivity contribution in [1.82, 2.24) is 5.32 Å². The average molecular weight is 223 g/mol. The fourth-order valence-corrected chi connectivity index (χ4v) is 1.43. The van der Waals surface area contributed by atoms with Crippen molar-refractivity contribution in [3.05, 3.63) is 23.8 Å². The second-order valence-electron chi connectivity index (χ2n) is 3.99. The lowest BCUT2D eigenvalue weighted by Gasteiger charge is -2.05. The smallest absolute Gasteiger partial charge is 0.308 e. The maximum absolute atomic E-state index is 11.3. The minimum atomic E-state index is -0.900. The summed E-state index contributed by atoms with van der Waals surface area (Å²) < 4.78 is 0. The van der Waals surface area contributed by atoms with Gasteiger partial charge in [0.1, 0.15) is 0 Å². The van der Waals surface area contributed by atoms with Gasteiger partial charge in [-0.25, -0.2) is 0 Å². The highest BCUT2D eigenvalue weighted by Gasteiger charge is 2.10. The van der Waals surface area contributed by atoms with Crippen molar-refractivity contribution in [3.63, 3.8) is 0 Å². The Morgan fingerprint density at radius 3 is 2.94 bits per heavy atom. The van der Waals surface area contributed by atoms with Gasteiger partial charge in [0.2, 0.25) is 5.91 Å². The summed E-state index contributed by atoms with van der Waals surface area (Å²) in [7, 11) is 0. The van der Waals surface area contributed by atoms with E-state index >= 15 is 0 Å². The lowest BCUT2D eigenvalue weighted by atomic mass is 10.2. The summed E-state index contributed by atoms with van der Waals surface area (Å²) in [6.45, 7) is 1.73. The van der Waals surface area contributed by atoms with Crippen LogP contribution in [-0.2, 0) is 9.59 Å². The predicted molar refractivity (Wildman–Crippen MR) is 60.9 cm³/mol. The van der Waals surface area contributed by atoms with E-state index < -0.39 is 11.9 Å². The third kappa shape index (κ3) is 4.29. The molecule has 0 heterocycles. The molecule has 1 amide bonds. The van der Waals surface area contributed by atoms with Crippen molar-refractivity contribution in [1.29, 1.82) is 0 Å². The normalized spacial score (nSPS) is 17.2. The zero-order valence-corrected chi connectivity index (χ0v) is 9.40. The van der Waals surface area contributed by atoms with Crippen LogP contribution in [0.2, 0.25) is 0 Å². The first-order valence-corrected chi connectivity index (χ1v) is 5.47. The standard InChI is InChI=1S/C12H17NO3/c1-9(12(15)16)8-13-11(14)7-6-10-4-2-3-5-10/h4,6-7,9H,2-3,5,8H2,1H3,(H,13,14)(H,15,16)/b7-6+. The minimum Gasteiger partial charge on any atom is -0.481 e. The molecular formula is C12H17NO3. The SMILES string of the molecule is CC(CNC(=O)/C=C/C1=CCCC1)C(=O)O. The van der Waals surface area contributed by atoms with Crippen LogP contribution in [0.15, 0.2) is 23.8 Å². The van der Waals surface area contributed by atoms with E-state index in [1.807, 2.05) is 0 Å². The molecule has 1 atom stereocenters. The number of allylic oxidation sites excluding steroid dienone is 3. The Morgan fingerprint density at radius 1 is 1.62 bits per heavy atom. The Hall–Kier alpha value is -1.58. The molecule has 4 nitrogen and oxygen atoms in total. The maximum atomic E-state index is 11.3. The number of hydrogen-bond acceptors (Lipinski definition) is 2. The molecule has 4 heteroatoms. The lowest BCUT2D eigenvalue weighted by molar-refractivity contribution is -0.141. The van der Waals surface area contributed by atoms with Crippen LogP contribution in [0.4, 0.5) is 0 Å². The highest BCUT2D eigenvalue weighted by atomic mass is 16.4. The summed E-state index contributed by atoms with van der Waals surface area (Å²) in [6.07, 6.45) is 8.63. The van der Waals surface area contributed by atoms with Gasteiger partial charge < -0.3 is 10.4 Å². The quantitative estimate of drug-likeness (QED) is 0.694. The summed E-state index contributed by atoms with van der Waals surface area (Å²) in [5.41, 5.74) is 1.18. The summed E-state index contributed by atoms with van der Waals surface area (Å²) in [6, 6.07) is 0. The van der Waals surface area contributed by atoms with Gasteiger partial charge in [-0.2, -0.15) is 0 Å². The van der Waals surface area contributed by atoms with Crippen LogP contribution in [0.25, 0.3) is 0 Å². The van der Waals surface area contributed by atoms with E-state index in [2.05, 4.69) is 11.4 Å². The Kier molecular flexibility index (Phi) is 4.76. The van der Waals surface area contributed by atoms with Crippen molar-refractivity contribution in [3.8, 4) is 0 Å². The lowest BCUT2D eigenvalue weighted by Crippen LogP contribution is -2.30. The molecule has 0 aromatic carbocycles. The number of rotatable bonds is 5. The molecule has 1 aliphatic carbocycles. The van der Waals surface area contributed by atoms with E-state index in [0.29, 0.717) is 0 Å². The van der Waals surface area contributed by atoms with Gasteiger partial charge in [0.25, 0.3) is 0 Å². The fourth-order valence-electron chi connectivity index (χ4n) is 1.43. The zero-order chi connectivity index (χ0) is 12.0. The molecule has 2 N–H and O–H groups in total. The van der Waals surface area contributed by atoms with Crippen LogP contribution in [0.5, 0.6) is 0 Å². The number of carbonyl (C=O) groups excluding carboxylic acids is 1. The monoisotopic (exact) mass is 223 g/mol. The third-order valence-corrected chi connectivity index (χ3v) is 2.53. The van der Waals surface area contributed by atoms with Crippen LogP contribution in [-0.4, -0.2) is 23.5 Å². The molecule has 0 aliphatic heterocycles. The molecule has 16 heavy (non-hydrogen) atoms. The molecule has 0 bridgehead atoms. The molecule has 1 unspecified atom stereocenters. The van der Waals surface area contributed by atoms with Crippen molar-refractivity contribution >= 4 is 11.9 Å². The number of carbonyl (C=O) groups is 2. The molecule has 1 aliphatic rings.